The molecular weight excluding hydrogens is 260 g/mol. The van der Waals surface area contributed by atoms with Gasteiger partial charge in [0.1, 0.15) is 5.76 Å². The second-order valence-corrected chi connectivity index (χ2v) is 5.73. The van der Waals surface area contributed by atoms with Gasteiger partial charge < -0.3 is 9.73 Å². The minimum atomic E-state index is 0.823. The predicted octanol–water partition coefficient (Wildman–Crippen LogP) is 3.34. The molecule has 1 aliphatic rings. The summed E-state index contributed by atoms with van der Waals surface area (Å²) in [7, 11) is 0. The number of furan rings is 1. The minimum Gasteiger partial charge on any atom is -0.468 e. The van der Waals surface area contributed by atoms with Gasteiger partial charge in [0.25, 0.3) is 0 Å². The van der Waals surface area contributed by atoms with Gasteiger partial charge in [-0.05, 0) is 43.1 Å². The summed E-state index contributed by atoms with van der Waals surface area (Å²) >= 11 is 0. The van der Waals surface area contributed by atoms with Crippen molar-refractivity contribution in [2.24, 2.45) is 0 Å². The van der Waals surface area contributed by atoms with E-state index >= 15 is 0 Å². The normalized spacial score (nSPS) is 15.7. The predicted molar refractivity (Wildman–Crippen MR) is 85.0 cm³/mol. The van der Waals surface area contributed by atoms with Crippen molar-refractivity contribution in [3.05, 3.63) is 59.0 Å². The highest BCUT2D eigenvalue weighted by Gasteiger charge is 2.16. The van der Waals surface area contributed by atoms with Crippen molar-refractivity contribution in [3.63, 3.8) is 0 Å². The van der Waals surface area contributed by atoms with E-state index in [0.29, 0.717) is 0 Å². The number of benzene rings is 1. The van der Waals surface area contributed by atoms with Gasteiger partial charge in [0, 0.05) is 18.7 Å². The molecule has 1 aromatic carbocycles. The first-order chi connectivity index (χ1) is 10.4. The van der Waals surface area contributed by atoms with Crippen molar-refractivity contribution < 1.29 is 4.42 Å². The number of hydrogen-bond donors (Lipinski definition) is 1. The van der Waals surface area contributed by atoms with Gasteiger partial charge in [-0.3, -0.25) is 4.90 Å². The smallest absolute Gasteiger partial charge is 0.122 e. The monoisotopic (exact) mass is 284 g/mol. The lowest BCUT2D eigenvalue weighted by atomic mass is 10.0. The molecule has 0 amide bonds. The van der Waals surface area contributed by atoms with Crippen LogP contribution in [-0.2, 0) is 26.1 Å². The summed E-state index contributed by atoms with van der Waals surface area (Å²) in [6.07, 6.45) is 4.24. The highest BCUT2D eigenvalue weighted by Crippen LogP contribution is 2.21. The lowest BCUT2D eigenvalue weighted by Gasteiger charge is -2.20. The summed E-state index contributed by atoms with van der Waals surface area (Å²) in [5, 5.41) is 3.34. The van der Waals surface area contributed by atoms with Gasteiger partial charge >= 0.3 is 0 Å². The third-order valence-electron chi connectivity index (χ3n) is 4.20. The van der Waals surface area contributed by atoms with E-state index in [2.05, 4.69) is 47.5 Å². The first kappa shape index (κ1) is 14.4. The summed E-state index contributed by atoms with van der Waals surface area (Å²) in [6, 6.07) is 11.0. The van der Waals surface area contributed by atoms with Crippen molar-refractivity contribution in [1.29, 1.82) is 0 Å². The Morgan fingerprint density at radius 2 is 2.05 bits per heavy atom. The fourth-order valence-corrected chi connectivity index (χ4v) is 3.05. The van der Waals surface area contributed by atoms with Crippen LogP contribution >= 0.6 is 0 Å². The van der Waals surface area contributed by atoms with Gasteiger partial charge in [-0.1, -0.05) is 31.2 Å². The number of aryl methyl sites for hydroxylation is 1. The second kappa shape index (κ2) is 6.92. The van der Waals surface area contributed by atoms with Gasteiger partial charge in [-0.2, -0.15) is 0 Å². The molecular formula is C18H24N2O. The highest BCUT2D eigenvalue weighted by atomic mass is 16.3. The summed E-state index contributed by atoms with van der Waals surface area (Å²) in [4.78, 5) is 2.53. The van der Waals surface area contributed by atoms with E-state index in [4.69, 9.17) is 4.42 Å². The van der Waals surface area contributed by atoms with Crippen molar-refractivity contribution in [3.8, 4) is 0 Å². The van der Waals surface area contributed by atoms with Crippen molar-refractivity contribution in [2.75, 3.05) is 13.1 Å². The van der Waals surface area contributed by atoms with Gasteiger partial charge in [0.15, 0.2) is 0 Å². The molecule has 0 radical (unpaired) electrons. The van der Waals surface area contributed by atoms with Crippen LogP contribution in [0.3, 0.4) is 0 Å². The van der Waals surface area contributed by atoms with Crippen LogP contribution in [0, 0.1) is 0 Å². The molecule has 2 aromatic rings. The molecule has 0 unspecified atom stereocenters. The molecule has 0 aliphatic carbocycles. The van der Waals surface area contributed by atoms with E-state index in [1.807, 2.05) is 6.26 Å². The van der Waals surface area contributed by atoms with E-state index in [1.54, 1.807) is 0 Å². The quantitative estimate of drug-likeness (QED) is 0.913. The van der Waals surface area contributed by atoms with Crippen LogP contribution in [0.5, 0.6) is 0 Å². The van der Waals surface area contributed by atoms with Crippen molar-refractivity contribution >= 4 is 0 Å². The SMILES string of the molecule is CCNCc1occc1CN1CCCc2ccccc2C1. The lowest BCUT2D eigenvalue weighted by molar-refractivity contribution is 0.258. The molecule has 21 heavy (non-hydrogen) atoms. The molecule has 0 saturated heterocycles. The average molecular weight is 284 g/mol. The van der Waals surface area contributed by atoms with Crippen LogP contribution < -0.4 is 5.32 Å². The number of hydrogen-bond acceptors (Lipinski definition) is 3. The largest absolute Gasteiger partial charge is 0.468 e. The third kappa shape index (κ3) is 3.55. The Hall–Kier alpha value is -1.58. The Kier molecular flexibility index (Phi) is 4.73. The Morgan fingerprint density at radius 3 is 2.90 bits per heavy atom. The summed E-state index contributed by atoms with van der Waals surface area (Å²) in [5.74, 6) is 1.08. The zero-order valence-electron chi connectivity index (χ0n) is 12.8. The highest BCUT2D eigenvalue weighted by molar-refractivity contribution is 5.28. The standard InChI is InChI=1S/C18H24N2O/c1-2-19-12-18-17(9-11-21-18)14-20-10-5-8-15-6-3-4-7-16(15)13-20/h3-4,6-7,9,11,19H,2,5,8,10,12-14H2,1H3. The van der Waals surface area contributed by atoms with Gasteiger partial charge in [0.05, 0.1) is 12.8 Å². The molecule has 3 heteroatoms. The maximum absolute atomic E-state index is 5.62. The van der Waals surface area contributed by atoms with Crippen LogP contribution in [0.2, 0.25) is 0 Å². The van der Waals surface area contributed by atoms with Gasteiger partial charge in [0.2, 0.25) is 0 Å². The maximum atomic E-state index is 5.62. The number of rotatable bonds is 5. The molecule has 0 fully saturated rings. The zero-order valence-corrected chi connectivity index (χ0v) is 12.8. The van der Waals surface area contributed by atoms with Gasteiger partial charge in [-0.25, -0.2) is 0 Å². The Bertz CT molecular complexity index is 576. The summed E-state index contributed by atoms with van der Waals surface area (Å²) < 4.78 is 5.62. The van der Waals surface area contributed by atoms with Crippen LogP contribution in [-0.4, -0.2) is 18.0 Å². The van der Waals surface area contributed by atoms with Crippen molar-refractivity contribution in [1.82, 2.24) is 10.2 Å². The lowest BCUT2D eigenvalue weighted by Crippen LogP contribution is -2.23. The molecule has 1 aliphatic heterocycles. The van der Waals surface area contributed by atoms with E-state index in [0.717, 1.165) is 38.5 Å². The van der Waals surface area contributed by atoms with E-state index in [1.165, 1.54) is 29.5 Å². The molecule has 1 aromatic heterocycles. The molecule has 1 N–H and O–H groups in total. The fraction of sp³-hybridized carbons (Fsp3) is 0.444. The maximum Gasteiger partial charge on any atom is 0.122 e. The number of fused-ring (bicyclic) bond motifs is 1. The summed E-state index contributed by atoms with van der Waals surface area (Å²) in [5.41, 5.74) is 4.31. The van der Waals surface area contributed by atoms with Crippen LogP contribution in [0.4, 0.5) is 0 Å². The van der Waals surface area contributed by atoms with E-state index in [-0.39, 0.29) is 0 Å². The molecule has 0 saturated carbocycles. The molecule has 3 rings (SSSR count). The van der Waals surface area contributed by atoms with E-state index in [9.17, 15) is 0 Å². The van der Waals surface area contributed by atoms with Crippen LogP contribution in [0.25, 0.3) is 0 Å². The molecule has 3 nitrogen and oxygen atoms in total. The van der Waals surface area contributed by atoms with Crippen molar-refractivity contribution in [2.45, 2.75) is 39.4 Å². The first-order valence-electron chi connectivity index (χ1n) is 7.92. The number of nitrogens with one attached hydrogen (secondary N) is 1. The Labute approximate surface area is 127 Å². The molecule has 0 bridgehead atoms. The molecule has 112 valence electrons. The minimum absolute atomic E-state index is 0.823. The van der Waals surface area contributed by atoms with Gasteiger partial charge in [-0.15, -0.1) is 0 Å². The molecule has 2 heterocycles. The first-order valence-corrected chi connectivity index (χ1v) is 7.92. The average Bonchev–Trinajstić information content (AvgIpc) is 2.83. The molecule has 0 atom stereocenters. The fourth-order valence-electron chi connectivity index (χ4n) is 3.05. The van der Waals surface area contributed by atoms with E-state index < -0.39 is 0 Å². The molecule has 0 spiro atoms. The number of nitrogens with zero attached hydrogens (tertiary/aromatic N) is 1. The Balaban J connectivity index is 1.69. The third-order valence-corrected chi connectivity index (χ3v) is 4.20. The zero-order chi connectivity index (χ0) is 14.5. The van der Waals surface area contributed by atoms with Crippen LogP contribution in [0.15, 0.2) is 41.0 Å². The topological polar surface area (TPSA) is 28.4 Å². The second-order valence-electron chi connectivity index (χ2n) is 5.73. The Morgan fingerprint density at radius 1 is 1.19 bits per heavy atom. The summed E-state index contributed by atoms with van der Waals surface area (Å²) in [6.45, 7) is 7.09. The van der Waals surface area contributed by atoms with Crippen LogP contribution in [0.1, 0.15) is 35.8 Å².